The van der Waals surface area contributed by atoms with Gasteiger partial charge in [0.2, 0.25) is 5.91 Å². The van der Waals surface area contributed by atoms with Crippen LogP contribution in [0.15, 0.2) is 0 Å². The third-order valence-corrected chi connectivity index (χ3v) is 4.28. The van der Waals surface area contributed by atoms with Gasteiger partial charge in [0.1, 0.15) is 6.54 Å². The van der Waals surface area contributed by atoms with Crippen molar-refractivity contribution in [1.82, 2.24) is 14.7 Å². The maximum atomic E-state index is 12.9. The average molecular weight is 322 g/mol. The van der Waals surface area contributed by atoms with Gasteiger partial charge in [0, 0.05) is 19.0 Å². The van der Waals surface area contributed by atoms with E-state index < -0.39 is 11.9 Å². The molecule has 0 radical (unpaired) electrons. The molecule has 0 atom stereocenters. The van der Waals surface area contributed by atoms with E-state index in [4.69, 9.17) is 11.6 Å². The van der Waals surface area contributed by atoms with Crippen LogP contribution in [0, 0.1) is 0 Å². The Kier molecular flexibility index (Phi) is 3.63. The number of aromatic nitrogens is 2. The summed E-state index contributed by atoms with van der Waals surface area (Å²) >= 11 is 5.86. The first kappa shape index (κ1) is 14.7. The molecule has 8 heteroatoms. The Balaban J connectivity index is 1.88. The molecule has 0 unspecified atom stereocenters. The molecule has 0 N–H and O–H groups in total. The standard InChI is InChI=1S/C13H15ClF3N3O/c14-10-11(8-3-4-8)20(18-12(10)13(15,16)17)7-9(21)19-5-1-2-6-19/h8H,1-7H2. The number of hydrogen-bond acceptors (Lipinski definition) is 2. The molecule has 116 valence electrons. The van der Waals surface area contributed by atoms with Gasteiger partial charge in [-0.1, -0.05) is 11.6 Å². The van der Waals surface area contributed by atoms with Crippen molar-refractivity contribution >= 4 is 17.5 Å². The second-order valence-corrected chi connectivity index (χ2v) is 5.94. The Labute approximate surface area is 124 Å². The molecule has 2 heterocycles. The van der Waals surface area contributed by atoms with Gasteiger partial charge in [-0.25, -0.2) is 0 Å². The van der Waals surface area contributed by atoms with Crippen LogP contribution in [0.2, 0.25) is 5.02 Å². The van der Waals surface area contributed by atoms with Crippen LogP contribution in [0.4, 0.5) is 13.2 Å². The number of rotatable bonds is 3. The highest BCUT2D eigenvalue weighted by Crippen LogP contribution is 2.46. The maximum Gasteiger partial charge on any atom is 0.436 e. The van der Waals surface area contributed by atoms with Gasteiger partial charge in [-0.15, -0.1) is 0 Å². The first-order valence-electron chi connectivity index (χ1n) is 6.99. The Morgan fingerprint density at radius 3 is 2.43 bits per heavy atom. The minimum absolute atomic E-state index is 0.00696. The van der Waals surface area contributed by atoms with Gasteiger partial charge in [0.25, 0.3) is 0 Å². The molecule has 1 saturated heterocycles. The summed E-state index contributed by atoms with van der Waals surface area (Å²) in [7, 11) is 0. The smallest absolute Gasteiger partial charge is 0.341 e. The van der Waals surface area contributed by atoms with Crippen molar-refractivity contribution in [3.63, 3.8) is 0 Å². The summed E-state index contributed by atoms with van der Waals surface area (Å²) in [6.07, 6.45) is -1.13. The van der Waals surface area contributed by atoms with Crippen molar-refractivity contribution in [2.45, 2.75) is 44.3 Å². The average Bonchev–Trinajstić information content (AvgIpc) is 2.96. The molecule has 1 aliphatic carbocycles. The molecule has 3 rings (SSSR count). The molecule has 1 aromatic heterocycles. The first-order chi connectivity index (χ1) is 9.88. The van der Waals surface area contributed by atoms with Crippen molar-refractivity contribution in [2.24, 2.45) is 0 Å². The monoisotopic (exact) mass is 321 g/mol. The Bertz CT molecular complexity index is 560. The molecular weight excluding hydrogens is 307 g/mol. The van der Waals surface area contributed by atoms with Crippen molar-refractivity contribution in [2.75, 3.05) is 13.1 Å². The normalized spacial score (nSPS) is 19.3. The van der Waals surface area contributed by atoms with Gasteiger partial charge < -0.3 is 4.90 Å². The third-order valence-electron chi connectivity index (χ3n) is 3.91. The van der Waals surface area contributed by atoms with Gasteiger partial charge in [-0.2, -0.15) is 18.3 Å². The zero-order valence-corrected chi connectivity index (χ0v) is 12.0. The van der Waals surface area contributed by atoms with E-state index in [0.717, 1.165) is 30.4 Å². The van der Waals surface area contributed by atoms with E-state index in [0.29, 0.717) is 18.8 Å². The van der Waals surface area contributed by atoms with Crippen molar-refractivity contribution < 1.29 is 18.0 Å². The van der Waals surface area contributed by atoms with Gasteiger partial charge in [0.15, 0.2) is 5.69 Å². The molecule has 4 nitrogen and oxygen atoms in total. The fourth-order valence-electron chi connectivity index (χ4n) is 2.70. The fourth-order valence-corrected chi connectivity index (χ4v) is 3.09. The van der Waals surface area contributed by atoms with Gasteiger partial charge in [0.05, 0.1) is 10.7 Å². The molecule has 0 bridgehead atoms. The Morgan fingerprint density at radius 1 is 1.29 bits per heavy atom. The number of nitrogens with zero attached hydrogens (tertiary/aromatic N) is 3. The van der Waals surface area contributed by atoms with Crippen LogP contribution < -0.4 is 0 Å². The van der Waals surface area contributed by atoms with E-state index in [1.807, 2.05) is 0 Å². The lowest BCUT2D eigenvalue weighted by molar-refractivity contribution is -0.142. The lowest BCUT2D eigenvalue weighted by Crippen LogP contribution is -2.32. The highest BCUT2D eigenvalue weighted by Gasteiger charge is 2.42. The lowest BCUT2D eigenvalue weighted by Gasteiger charge is -2.16. The summed E-state index contributed by atoms with van der Waals surface area (Å²) in [5.41, 5.74) is -0.725. The second-order valence-electron chi connectivity index (χ2n) is 5.57. The van der Waals surface area contributed by atoms with Gasteiger partial charge in [-0.3, -0.25) is 9.48 Å². The summed E-state index contributed by atoms with van der Waals surface area (Å²) in [4.78, 5) is 13.8. The number of carbonyl (C=O) groups excluding carboxylic acids is 1. The van der Waals surface area contributed by atoms with Crippen LogP contribution in [-0.2, 0) is 17.5 Å². The first-order valence-corrected chi connectivity index (χ1v) is 7.37. The predicted octanol–water partition coefficient (Wildman–Crippen LogP) is 3.06. The minimum atomic E-state index is -4.59. The number of hydrogen-bond donors (Lipinski definition) is 0. The third kappa shape index (κ3) is 2.88. The van der Waals surface area contributed by atoms with E-state index >= 15 is 0 Å². The van der Waals surface area contributed by atoms with Crippen LogP contribution in [0.1, 0.15) is 43.0 Å². The van der Waals surface area contributed by atoms with Crippen LogP contribution in [0.5, 0.6) is 0 Å². The molecule has 0 spiro atoms. The zero-order valence-electron chi connectivity index (χ0n) is 11.3. The van der Waals surface area contributed by atoms with Crippen molar-refractivity contribution in [3.8, 4) is 0 Å². The summed E-state index contributed by atoms with van der Waals surface area (Å²) in [5.74, 6) is -0.199. The van der Waals surface area contributed by atoms with E-state index in [2.05, 4.69) is 5.10 Å². The summed E-state index contributed by atoms with van der Waals surface area (Å²) in [5, 5.41) is 3.22. The molecule has 1 amide bonds. The minimum Gasteiger partial charge on any atom is -0.341 e. The summed E-state index contributed by atoms with van der Waals surface area (Å²) < 4.78 is 39.9. The van der Waals surface area contributed by atoms with Gasteiger partial charge in [-0.05, 0) is 25.7 Å². The topological polar surface area (TPSA) is 38.1 Å². The number of alkyl halides is 3. The predicted molar refractivity (Wildman–Crippen MR) is 70.0 cm³/mol. The molecule has 2 aliphatic rings. The molecule has 1 aromatic rings. The lowest BCUT2D eigenvalue weighted by atomic mass is 10.2. The van der Waals surface area contributed by atoms with E-state index in [1.54, 1.807) is 4.90 Å². The SMILES string of the molecule is O=C(Cn1nc(C(F)(F)F)c(Cl)c1C1CC1)N1CCCC1. The van der Waals surface area contributed by atoms with Gasteiger partial charge >= 0.3 is 6.18 Å². The van der Waals surface area contributed by atoms with Crippen LogP contribution in [-0.4, -0.2) is 33.7 Å². The van der Waals surface area contributed by atoms with Crippen molar-refractivity contribution in [3.05, 3.63) is 16.4 Å². The molecule has 0 aromatic carbocycles. The van der Waals surface area contributed by atoms with E-state index in [-0.39, 0.29) is 23.4 Å². The molecule has 2 fully saturated rings. The fraction of sp³-hybridized carbons (Fsp3) is 0.692. The number of carbonyl (C=O) groups is 1. The number of amides is 1. The quantitative estimate of drug-likeness (QED) is 0.858. The van der Waals surface area contributed by atoms with E-state index in [9.17, 15) is 18.0 Å². The van der Waals surface area contributed by atoms with Crippen LogP contribution >= 0.6 is 11.6 Å². The molecule has 1 aliphatic heterocycles. The number of likely N-dealkylation sites (tertiary alicyclic amines) is 1. The Morgan fingerprint density at radius 2 is 1.90 bits per heavy atom. The highest BCUT2D eigenvalue weighted by atomic mass is 35.5. The van der Waals surface area contributed by atoms with E-state index in [1.165, 1.54) is 0 Å². The number of halogens is 4. The summed E-state index contributed by atoms with van der Waals surface area (Å²) in [6, 6.07) is 0. The zero-order chi connectivity index (χ0) is 15.2. The molecular formula is C13H15ClF3N3O. The Hall–Kier alpha value is -1.24. The molecule has 1 saturated carbocycles. The second kappa shape index (κ2) is 5.19. The van der Waals surface area contributed by atoms with Crippen molar-refractivity contribution in [1.29, 1.82) is 0 Å². The van der Waals surface area contributed by atoms with Crippen LogP contribution in [0.3, 0.4) is 0 Å². The summed E-state index contributed by atoms with van der Waals surface area (Å²) in [6.45, 7) is 1.17. The van der Waals surface area contributed by atoms with Crippen LogP contribution in [0.25, 0.3) is 0 Å². The largest absolute Gasteiger partial charge is 0.436 e. The highest BCUT2D eigenvalue weighted by molar-refractivity contribution is 6.32. The molecule has 21 heavy (non-hydrogen) atoms. The maximum absolute atomic E-state index is 12.9.